The summed E-state index contributed by atoms with van der Waals surface area (Å²) in [4.78, 5) is 13.2. The molecule has 3 aromatic rings. The molecule has 1 amide bonds. The minimum atomic E-state index is -4.90. The van der Waals surface area contributed by atoms with Crippen molar-refractivity contribution in [1.29, 1.82) is 4.78 Å². The molecular weight excluding hydrogens is 532 g/mol. The molecule has 35 heavy (non-hydrogen) atoms. The number of carbonyl (C=O) groups excluding carboxylic acids is 1. The zero-order valence-electron chi connectivity index (χ0n) is 18.3. The SMILES string of the molecule is COc1cc(Cl)c(Oc2nnc(C(F)(F)F)c(C)c2C(=O)Nc2cccc(S(C)(=N)=O)c2)c(Cl)c1. The first kappa shape index (κ1) is 26.5. The molecule has 1 unspecified atom stereocenters. The number of anilines is 1. The Bertz CT molecular complexity index is 1390. The number of carbonyl (C=O) groups is 1. The van der Waals surface area contributed by atoms with Crippen LogP contribution in [0, 0.1) is 11.7 Å². The minimum absolute atomic E-state index is 0.0547. The second kappa shape index (κ2) is 9.88. The number of aromatic nitrogens is 2. The van der Waals surface area contributed by atoms with Crippen LogP contribution in [0.25, 0.3) is 0 Å². The number of benzene rings is 2. The average Bonchev–Trinajstić information content (AvgIpc) is 2.74. The van der Waals surface area contributed by atoms with Crippen molar-refractivity contribution >= 4 is 44.5 Å². The third-order valence-corrected chi connectivity index (χ3v) is 6.34. The fourth-order valence-electron chi connectivity index (χ4n) is 2.97. The van der Waals surface area contributed by atoms with Crippen LogP contribution in [-0.2, 0) is 15.9 Å². The van der Waals surface area contributed by atoms with Gasteiger partial charge in [0.1, 0.15) is 11.3 Å². The van der Waals surface area contributed by atoms with E-state index >= 15 is 0 Å². The summed E-state index contributed by atoms with van der Waals surface area (Å²) < 4.78 is 70.8. The Hall–Kier alpha value is -3.09. The summed E-state index contributed by atoms with van der Waals surface area (Å²) in [6.45, 7) is 1.04. The standard InChI is InChI=1S/C21H17Cl2F3N4O4S/c1-10-16(19(31)28-11-5-4-6-13(7-11)35(3,27)32)20(30-29-18(10)21(24,25)26)34-17-14(22)8-12(33-2)9-15(17)23/h4-9,27H,1-3H3,(H,28,31). The van der Waals surface area contributed by atoms with Gasteiger partial charge in [0.05, 0.1) is 26.9 Å². The number of methoxy groups -OCH3 is 1. The van der Waals surface area contributed by atoms with Crippen molar-refractivity contribution in [3.63, 3.8) is 0 Å². The summed E-state index contributed by atoms with van der Waals surface area (Å²) >= 11 is 12.3. The van der Waals surface area contributed by atoms with Gasteiger partial charge in [-0.05, 0) is 30.7 Å². The number of alkyl halides is 3. The zero-order chi connectivity index (χ0) is 26.1. The number of hydrogen-bond donors (Lipinski definition) is 2. The highest BCUT2D eigenvalue weighted by Gasteiger charge is 2.38. The lowest BCUT2D eigenvalue weighted by Gasteiger charge is -2.17. The molecule has 0 spiro atoms. The van der Waals surface area contributed by atoms with Gasteiger partial charge in [0.2, 0.25) is 0 Å². The van der Waals surface area contributed by atoms with E-state index in [0.29, 0.717) is 5.75 Å². The van der Waals surface area contributed by atoms with E-state index in [1.54, 1.807) is 0 Å². The van der Waals surface area contributed by atoms with E-state index in [0.717, 1.165) is 6.92 Å². The molecule has 0 saturated heterocycles. The molecule has 0 bridgehead atoms. The van der Waals surface area contributed by atoms with Gasteiger partial charge in [0.25, 0.3) is 11.8 Å². The van der Waals surface area contributed by atoms with Crippen LogP contribution in [0.3, 0.4) is 0 Å². The lowest BCUT2D eigenvalue weighted by molar-refractivity contribution is -0.142. The van der Waals surface area contributed by atoms with Crippen LogP contribution in [0.2, 0.25) is 10.0 Å². The van der Waals surface area contributed by atoms with Gasteiger partial charge < -0.3 is 14.8 Å². The highest BCUT2D eigenvalue weighted by atomic mass is 35.5. The van der Waals surface area contributed by atoms with Crippen LogP contribution < -0.4 is 14.8 Å². The Morgan fingerprint density at radius 3 is 2.31 bits per heavy atom. The number of ether oxygens (including phenoxy) is 2. The molecule has 1 atom stereocenters. The molecule has 0 saturated carbocycles. The lowest BCUT2D eigenvalue weighted by Crippen LogP contribution is -2.21. The van der Waals surface area contributed by atoms with Crippen LogP contribution in [0.15, 0.2) is 41.3 Å². The molecule has 0 aliphatic rings. The quantitative estimate of drug-likeness (QED) is 0.379. The largest absolute Gasteiger partial charge is 0.497 e. The molecule has 0 aliphatic heterocycles. The molecule has 8 nitrogen and oxygen atoms in total. The first-order chi connectivity index (χ1) is 16.2. The van der Waals surface area contributed by atoms with E-state index in [1.165, 1.54) is 49.8 Å². The van der Waals surface area contributed by atoms with Gasteiger partial charge in [0, 0.05) is 29.0 Å². The highest BCUT2D eigenvalue weighted by molar-refractivity contribution is 7.91. The predicted octanol–water partition coefficient (Wildman–Crippen LogP) is 6.20. The molecule has 0 aliphatic carbocycles. The van der Waals surface area contributed by atoms with Crippen LogP contribution in [-0.4, -0.2) is 33.7 Å². The van der Waals surface area contributed by atoms with E-state index in [4.69, 9.17) is 37.5 Å². The number of amides is 1. The van der Waals surface area contributed by atoms with Gasteiger partial charge >= 0.3 is 6.18 Å². The molecule has 1 heterocycles. The summed E-state index contributed by atoms with van der Waals surface area (Å²) in [6, 6.07) is 8.26. The fourth-order valence-corrected chi connectivity index (χ4v) is 4.20. The van der Waals surface area contributed by atoms with E-state index < -0.39 is 44.5 Å². The molecule has 14 heteroatoms. The van der Waals surface area contributed by atoms with Crippen molar-refractivity contribution in [3.8, 4) is 17.4 Å². The maximum Gasteiger partial charge on any atom is 0.435 e. The number of hydrogen-bond acceptors (Lipinski definition) is 7. The normalized spacial score (nSPS) is 13.1. The first-order valence-corrected chi connectivity index (χ1v) is 12.2. The third-order valence-electron chi connectivity index (χ3n) is 4.63. The highest BCUT2D eigenvalue weighted by Crippen LogP contribution is 2.41. The molecule has 2 aromatic carbocycles. The topological polar surface area (TPSA) is 114 Å². The van der Waals surface area contributed by atoms with Crippen LogP contribution in [0.1, 0.15) is 21.6 Å². The van der Waals surface area contributed by atoms with E-state index in [1.807, 2.05) is 0 Å². The lowest BCUT2D eigenvalue weighted by atomic mass is 10.1. The Kier molecular flexibility index (Phi) is 7.48. The molecular formula is C21H17Cl2F3N4O4S. The van der Waals surface area contributed by atoms with Crippen LogP contribution in [0.4, 0.5) is 18.9 Å². The third kappa shape index (κ3) is 5.95. The maximum atomic E-state index is 13.5. The maximum absolute atomic E-state index is 13.5. The van der Waals surface area contributed by atoms with Gasteiger partial charge in [-0.2, -0.15) is 13.2 Å². The van der Waals surface area contributed by atoms with Gasteiger partial charge in [-0.15, -0.1) is 10.2 Å². The molecule has 186 valence electrons. The van der Waals surface area contributed by atoms with Crippen molar-refractivity contribution < 1.29 is 31.6 Å². The van der Waals surface area contributed by atoms with Crippen molar-refractivity contribution in [3.05, 3.63) is 63.3 Å². The summed E-state index contributed by atoms with van der Waals surface area (Å²) in [7, 11) is -1.73. The molecule has 0 radical (unpaired) electrons. The second-order valence-corrected chi connectivity index (χ2v) is 10.2. The number of nitrogens with one attached hydrogen (secondary N) is 2. The van der Waals surface area contributed by atoms with Gasteiger partial charge in [-0.1, -0.05) is 29.3 Å². The van der Waals surface area contributed by atoms with Gasteiger partial charge in [0.15, 0.2) is 11.4 Å². The van der Waals surface area contributed by atoms with Crippen molar-refractivity contribution in [2.24, 2.45) is 0 Å². The van der Waals surface area contributed by atoms with Gasteiger partial charge in [-0.25, -0.2) is 8.99 Å². The van der Waals surface area contributed by atoms with E-state index in [9.17, 15) is 22.2 Å². The van der Waals surface area contributed by atoms with E-state index in [-0.39, 0.29) is 26.4 Å². The van der Waals surface area contributed by atoms with Crippen LogP contribution in [0.5, 0.6) is 17.4 Å². The Labute approximate surface area is 208 Å². The summed E-state index contributed by atoms with van der Waals surface area (Å²) in [6.07, 6.45) is -3.71. The number of nitrogens with zero attached hydrogens (tertiary/aromatic N) is 2. The number of halogens is 5. The molecule has 1 aromatic heterocycles. The van der Waals surface area contributed by atoms with Gasteiger partial charge in [-0.3, -0.25) is 4.79 Å². The first-order valence-electron chi connectivity index (χ1n) is 9.53. The number of rotatable bonds is 6. The van der Waals surface area contributed by atoms with Crippen molar-refractivity contribution in [1.82, 2.24) is 10.2 Å². The Morgan fingerprint density at radius 2 is 1.77 bits per heavy atom. The summed E-state index contributed by atoms with van der Waals surface area (Å²) in [5, 5.41) is 8.96. The van der Waals surface area contributed by atoms with Crippen LogP contribution >= 0.6 is 23.2 Å². The average molecular weight is 549 g/mol. The zero-order valence-corrected chi connectivity index (χ0v) is 20.6. The second-order valence-electron chi connectivity index (χ2n) is 7.20. The Morgan fingerprint density at radius 1 is 1.14 bits per heavy atom. The minimum Gasteiger partial charge on any atom is -0.497 e. The molecule has 2 N–H and O–H groups in total. The Balaban J connectivity index is 2.11. The van der Waals surface area contributed by atoms with Crippen molar-refractivity contribution in [2.45, 2.75) is 18.0 Å². The van der Waals surface area contributed by atoms with E-state index in [2.05, 4.69) is 15.5 Å². The molecule has 0 fully saturated rings. The van der Waals surface area contributed by atoms with Crippen molar-refractivity contribution in [2.75, 3.05) is 18.7 Å². The summed E-state index contributed by atoms with van der Waals surface area (Å²) in [5.41, 5.74) is -2.44. The smallest absolute Gasteiger partial charge is 0.435 e. The summed E-state index contributed by atoms with van der Waals surface area (Å²) in [5.74, 6) is -1.50. The monoisotopic (exact) mass is 548 g/mol. The predicted molar refractivity (Wildman–Crippen MR) is 124 cm³/mol. The molecule has 3 rings (SSSR count). The fraction of sp³-hybridized carbons (Fsp3) is 0.190.